The molecule has 134 valence electrons. The van der Waals surface area contributed by atoms with Crippen molar-refractivity contribution in [3.63, 3.8) is 0 Å². The van der Waals surface area contributed by atoms with E-state index in [0.717, 1.165) is 27.5 Å². The van der Waals surface area contributed by atoms with Crippen LogP contribution in [0.3, 0.4) is 0 Å². The average Bonchev–Trinajstić information content (AvgIpc) is 2.98. The van der Waals surface area contributed by atoms with E-state index in [0.29, 0.717) is 11.1 Å². The molecule has 2 aromatic heterocycles. The van der Waals surface area contributed by atoms with Gasteiger partial charge in [0.1, 0.15) is 4.90 Å². The summed E-state index contributed by atoms with van der Waals surface area (Å²) in [5.74, 6) is 0. The number of sulfonamides is 1. The molecule has 0 amide bonds. The van der Waals surface area contributed by atoms with E-state index in [1.54, 1.807) is 4.68 Å². The minimum atomic E-state index is -3.88. The zero-order valence-corrected chi connectivity index (χ0v) is 15.1. The van der Waals surface area contributed by atoms with Crippen LogP contribution in [0, 0.1) is 20.8 Å². The lowest BCUT2D eigenvalue weighted by Crippen LogP contribution is -2.29. The molecule has 0 unspecified atom stereocenters. The molecule has 0 aliphatic carbocycles. The fourth-order valence-corrected chi connectivity index (χ4v) is 3.91. The Balaban J connectivity index is 2.21. The van der Waals surface area contributed by atoms with Crippen LogP contribution in [0.15, 0.2) is 11.1 Å². The largest absolute Gasteiger partial charge is 0.333 e. The molecule has 0 saturated heterocycles. The van der Waals surface area contributed by atoms with Crippen molar-refractivity contribution in [3.8, 4) is 0 Å². The maximum Gasteiger partial charge on any atom is 0.333 e. The van der Waals surface area contributed by atoms with Gasteiger partial charge in [-0.25, -0.2) is 17.4 Å². The molecular formula is C14H21F2N5O2S. The summed E-state index contributed by atoms with van der Waals surface area (Å²) in [5, 5.41) is 7.76. The lowest BCUT2D eigenvalue weighted by atomic mass is 10.1. The fourth-order valence-electron chi connectivity index (χ4n) is 2.59. The van der Waals surface area contributed by atoms with Gasteiger partial charge in [-0.05, 0) is 32.8 Å². The molecule has 0 N–H and O–H groups in total. The summed E-state index contributed by atoms with van der Waals surface area (Å²) in [6, 6.07) is 0. The van der Waals surface area contributed by atoms with Crippen LogP contribution < -0.4 is 0 Å². The molecule has 0 atom stereocenters. The van der Waals surface area contributed by atoms with Crippen molar-refractivity contribution in [2.45, 2.75) is 38.6 Å². The first kappa shape index (κ1) is 18.5. The molecule has 0 saturated carbocycles. The Morgan fingerprint density at radius 3 is 2.33 bits per heavy atom. The summed E-state index contributed by atoms with van der Waals surface area (Å²) in [5.41, 5.74) is 2.73. The van der Waals surface area contributed by atoms with E-state index < -0.39 is 16.6 Å². The van der Waals surface area contributed by atoms with Crippen molar-refractivity contribution in [1.29, 1.82) is 0 Å². The molecular weight excluding hydrogens is 340 g/mol. The molecule has 0 aromatic carbocycles. The van der Waals surface area contributed by atoms with Gasteiger partial charge in [-0.3, -0.25) is 4.68 Å². The van der Waals surface area contributed by atoms with E-state index in [4.69, 9.17) is 0 Å². The Bertz CT molecular complexity index is 842. The lowest BCUT2D eigenvalue weighted by molar-refractivity contribution is 0.0541. The van der Waals surface area contributed by atoms with Gasteiger partial charge in [-0.1, -0.05) is 0 Å². The van der Waals surface area contributed by atoms with Crippen LogP contribution in [0.25, 0.3) is 0 Å². The molecule has 10 heteroatoms. The molecule has 0 aliphatic rings. The van der Waals surface area contributed by atoms with Crippen LogP contribution in [-0.2, 0) is 23.5 Å². The summed E-state index contributed by atoms with van der Waals surface area (Å²) < 4.78 is 54.0. The highest BCUT2D eigenvalue weighted by Gasteiger charge is 2.27. The number of alkyl halides is 2. The normalized spacial score (nSPS) is 12.5. The van der Waals surface area contributed by atoms with Crippen molar-refractivity contribution in [1.82, 2.24) is 23.9 Å². The molecule has 0 bridgehead atoms. The highest BCUT2D eigenvalue weighted by molar-refractivity contribution is 7.89. The van der Waals surface area contributed by atoms with Crippen LogP contribution in [0.1, 0.15) is 29.2 Å². The molecule has 0 spiro atoms. The van der Waals surface area contributed by atoms with Gasteiger partial charge in [0.15, 0.2) is 0 Å². The number of halogens is 2. The molecule has 2 heterocycles. The zero-order valence-electron chi connectivity index (χ0n) is 14.3. The predicted molar refractivity (Wildman–Crippen MR) is 84.4 cm³/mol. The number of aryl methyl sites for hydroxylation is 2. The Morgan fingerprint density at radius 2 is 1.88 bits per heavy atom. The number of hydrogen-bond donors (Lipinski definition) is 0. The van der Waals surface area contributed by atoms with Gasteiger partial charge < -0.3 is 0 Å². The van der Waals surface area contributed by atoms with E-state index in [9.17, 15) is 17.2 Å². The van der Waals surface area contributed by atoms with Gasteiger partial charge >= 0.3 is 6.55 Å². The number of rotatable bonds is 6. The first-order chi connectivity index (χ1) is 11.1. The first-order valence-corrected chi connectivity index (χ1v) is 8.79. The second-order valence-corrected chi connectivity index (χ2v) is 7.68. The number of nitrogens with zero attached hydrogens (tertiary/aromatic N) is 5. The van der Waals surface area contributed by atoms with Crippen LogP contribution in [0.5, 0.6) is 0 Å². The Morgan fingerprint density at radius 1 is 1.25 bits per heavy atom. The van der Waals surface area contributed by atoms with Crippen molar-refractivity contribution in [2.75, 3.05) is 13.6 Å². The van der Waals surface area contributed by atoms with Crippen LogP contribution in [-0.4, -0.2) is 45.9 Å². The number of hydrogen-bond acceptors (Lipinski definition) is 4. The summed E-state index contributed by atoms with van der Waals surface area (Å²) in [6.45, 7) is 2.44. The van der Waals surface area contributed by atoms with Crippen molar-refractivity contribution in [2.24, 2.45) is 7.05 Å². The molecule has 7 nitrogen and oxygen atoms in total. The van der Waals surface area contributed by atoms with Gasteiger partial charge in [-0.15, -0.1) is 0 Å². The summed E-state index contributed by atoms with van der Waals surface area (Å²) in [4.78, 5) is -0.204. The second kappa shape index (κ2) is 6.60. The van der Waals surface area contributed by atoms with Crippen LogP contribution in [0.4, 0.5) is 8.78 Å². The minimum Gasteiger partial charge on any atom is -0.272 e. The van der Waals surface area contributed by atoms with Crippen molar-refractivity contribution >= 4 is 10.0 Å². The molecule has 2 aromatic rings. The van der Waals surface area contributed by atoms with Crippen LogP contribution in [0.2, 0.25) is 0 Å². The quantitative estimate of drug-likeness (QED) is 0.786. The monoisotopic (exact) mass is 361 g/mol. The van der Waals surface area contributed by atoms with E-state index in [1.807, 2.05) is 20.9 Å². The highest BCUT2D eigenvalue weighted by Crippen LogP contribution is 2.23. The zero-order chi connectivity index (χ0) is 18.2. The van der Waals surface area contributed by atoms with Crippen LogP contribution >= 0.6 is 0 Å². The molecule has 0 fully saturated rings. The summed E-state index contributed by atoms with van der Waals surface area (Å²) in [7, 11) is -0.628. The minimum absolute atomic E-state index is 0.0782. The Labute approximate surface area is 139 Å². The molecule has 24 heavy (non-hydrogen) atoms. The average molecular weight is 361 g/mol. The van der Waals surface area contributed by atoms with Gasteiger partial charge in [0.05, 0.1) is 17.6 Å². The Hall–Kier alpha value is -1.81. The third kappa shape index (κ3) is 3.20. The van der Waals surface area contributed by atoms with Gasteiger partial charge in [0.25, 0.3) is 0 Å². The van der Waals surface area contributed by atoms with Crippen molar-refractivity contribution in [3.05, 3.63) is 28.8 Å². The second-order valence-electron chi connectivity index (χ2n) is 5.67. The topological polar surface area (TPSA) is 73.0 Å². The van der Waals surface area contributed by atoms with E-state index >= 15 is 0 Å². The Kier molecular flexibility index (Phi) is 5.09. The van der Waals surface area contributed by atoms with Crippen molar-refractivity contribution < 1.29 is 17.2 Å². The molecule has 0 radical (unpaired) electrons. The van der Waals surface area contributed by atoms with Gasteiger partial charge in [0.2, 0.25) is 10.0 Å². The standard InChI is InChI=1S/C14H21F2N5O2S/c1-9-12(10(2)20(5)18-9)6-7-19(4)24(22,23)13-8-17-21(11(13)3)14(15)16/h8,14H,6-7H2,1-5H3. The van der Waals surface area contributed by atoms with Gasteiger partial charge in [0, 0.05) is 26.3 Å². The molecule has 2 rings (SSSR count). The smallest absolute Gasteiger partial charge is 0.272 e. The third-order valence-corrected chi connectivity index (χ3v) is 6.17. The number of aromatic nitrogens is 4. The summed E-state index contributed by atoms with van der Waals surface area (Å²) in [6.07, 6.45) is 1.46. The third-order valence-electron chi connectivity index (χ3n) is 4.21. The predicted octanol–water partition coefficient (Wildman–Crippen LogP) is 1.80. The van der Waals surface area contributed by atoms with Gasteiger partial charge in [-0.2, -0.15) is 19.0 Å². The maximum atomic E-state index is 12.8. The number of likely N-dealkylation sites (N-methyl/N-ethyl adjacent to an activating group) is 1. The lowest BCUT2D eigenvalue weighted by Gasteiger charge is -2.17. The van der Waals surface area contributed by atoms with E-state index in [1.165, 1.54) is 14.0 Å². The first-order valence-electron chi connectivity index (χ1n) is 7.35. The van der Waals surface area contributed by atoms with E-state index in [2.05, 4.69) is 10.2 Å². The molecule has 0 aliphatic heterocycles. The SMILES string of the molecule is Cc1nn(C)c(C)c1CCN(C)S(=O)(=O)c1cnn(C(F)F)c1C. The maximum absolute atomic E-state index is 12.8. The van der Waals surface area contributed by atoms with E-state index in [-0.39, 0.29) is 17.1 Å². The fraction of sp³-hybridized carbons (Fsp3) is 0.571. The summed E-state index contributed by atoms with van der Waals surface area (Å²) >= 11 is 0. The highest BCUT2D eigenvalue weighted by atomic mass is 32.2.